The van der Waals surface area contributed by atoms with E-state index in [2.05, 4.69) is 25.5 Å². The van der Waals surface area contributed by atoms with Crippen LogP contribution in [0.15, 0.2) is 36.4 Å². The highest BCUT2D eigenvalue weighted by molar-refractivity contribution is 6.29. The molecule has 0 unspecified atom stereocenters. The molecule has 0 atom stereocenters. The Kier molecular flexibility index (Phi) is 3.29. The van der Waals surface area contributed by atoms with Gasteiger partial charge in [0.2, 0.25) is 0 Å². The van der Waals surface area contributed by atoms with E-state index in [9.17, 15) is 0 Å². The second-order valence-corrected chi connectivity index (χ2v) is 4.51. The van der Waals surface area contributed by atoms with Crippen LogP contribution in [-0.4, -0.2) is 26.7 Å². The molecule has 0 aliphatic rings. The standard InChI is InChI=1S/C13H12ClN5/c14-11-5-6-12(19-18-11)15-8-7-13-16-9-3-1-2-4-10(9)17-13/h1-6H,7-8H2,(H,15,19)(H,16,17). The summed E-state index contributed by atoms with van der Waals surface area (Å²) in [5.41, 5.74) is 2.05. The van der Waals surface area contributed by atoms with Gasteiger partial charge in [-0.25, -0.2) is 4.98 Å². The zero-order valence-electron chi connectivity index (χ0n) is 10.1. The molecule has 19 heavy (non-hydrogen) atoms. The molecule has 2 aromatic heterocycles. The van der Waals surface area contributed by atoms with Gasteiger partial charge in [0.05, 0.1) is 11.0 Å². The minimum atomic E-state index is 0.392. The predicted molar refractivity (Wildman–Crippen MR) is 75.3 cm³/mol. The molecule has 0 aliphatic heterocycles. The van der Waals surface area contributed by atoms with Crippen molar-refractivity contribution in [2.75, 3.05) is 11.9 Å². The van der Waals surface area contributed by atoms with E-state index < -0.39 is 0 Å². The molecule has 3 rings (SSSR count). The van der Waals surface area contributed by atoms with Crippen LogP contribution in [0.25, 0.3) is 11.0 Å². The summed E-state index contributed by atoms with van der Waals surface area (Å²) in [7, 11) is 0. The van der Waals surface area contributed by atoms with Gasteiger partial charge in [-0.15, -0.1) is 10.2 Å². The first-order valence-corrected chi connectivity index (χ1v) is 6.36. The Morgan fingerprint density at radius 2 is 2.00 bits per heavy atom. The molecule has 0 saturated heterocycles. The summed E-state index contributed by atoms with van der Waals surface area (Å²) in [6.07, 6.45) is 0.791. The van der Waals surface area contributed by atoms with Crippen LogP contribution in [0, 0.1) is 0 Å². The van der Waals surface area contributed by atoms with Crippen molar-refractivity contribution in [2.45, 2.75) is 6.42 Å². The lowest BCUT2D eigenvalue weighted by molar-refractivity contribution is 0.915. The SMILES string of the molecule is Clc1ccc(NCCc2nc3ccccc3[nH]2)nn1. The van der Waals surface area contributed by atoms with Crippen molar-refractivity contribution in [3.05, 3.63) is 47.4 Å². The van der Waals surface area contributed by atoms with Crippen molar-refractivity contribution >= 4 is 28.5 Å². The van der Waals surface area contributed by atoms with Crippen molar-refractivity contribution in [2.24, 2.45) is 0 Å². The molecule has 0 fully saturated rings. The Morgan fingerprint density at radius 3 is 2.79 bits per heavy atom. The summed E-state index contributed by atoms with van der Waals surface area (Å²) in [6, 6.07) is 11.5. The molecule has 96 valence electrons. The number of rotatable bonds is 4. The summed E-state index contributed by atoms with van der Waals surface area (Å²) in [4.78, 5) is 7.79. The average molecular weight is 274 g/mol. The van der Waals surface area contributed by atoms with Crippen LogP contribution >= 0.6 is 11.6 Å². The Bertz CT molecular complexity index is 644. The molecular formula is C13H12ClN5. The fourth-order valence-corrected chi connectivity index (χ4v) is 1.94. The van der Waals surface area contributed by atoms with Gasteiger partial charge in [-0.3, -0.25) is 0 Å². The van der Waals surface area contributed by atoms with Crippen LogP contribution < -0.4 is 5.32 Å². The number of benzene rings is 1. The van der Waals surface area contributed by atoms with Gasteiger partial charge in [-0.2, -0.15) is 0 Å². The van der Waals surface area contributed by atoms with E-state index >= 15 is 0 Å². The Hall–Kier alpha value is -2.14. The van der Waals surface area contributed by atoms with Gasteiger partial charge in [0.25, 0.3) is 0 Å². The van der Waals surface area contributed by atoms with Gasteiger partial charge in [-0.1, -0.05) is 23.7 Å². The maximum Gasteiger partial charge on any atom is 0.151 e. The van der Waals surface area contributed by atoms with Gasteiger partial charge < -0.3 is 10.3 Å². The molecule has 0 bridgehead atoms. The third-order valence-corrected chi connectivity index (χ3v) is 2.94. The van der Waals surface area contributed by atoms with Gasteiger partial charge in [0.1, 0.15) is 11.6 Å². The topological polar surface area (TPSA) is 66.5 Å². The molecule has 2 N–H and O–H groups in total. The third-order valence-electron chi connectivity index (χ3n) is 2.74. The number of aromatic amines is 1. The third kappa shape index (κ3) is 2.82. The van der Waals surface area contributed by atoms with E-state index in [1.54, 1.807) is 12.1 Å². The Balaban J connectivity index is 1.61. The lowest BCUT2D eigenvalue weighted by atomic mass is 10.3. The molecule has 2 heterocycles. The summed E-state index contributed by atoms with van der Waals surface area (Å²) in [5.74, 6) is 1.66. The van der Waals surface area contributed by atoms with Crippen molar-refractivity contribution in [1.82, 2.24) is 20.2 Å². The second-order valence-electron chi connectivity index (χ2n) is 4.12. The zero-order chi connectivity index (χ0) is 13.1. The molecule has 0 amide bonds. The lowest BCUT2D eigenvalue weighted by Gasteiger charge is -2.02. The number of anilines is 1. The smallest absolute Gasteiger partial charge is 0.151 e. The first-order chi connectivity index (χ1) is 9.31. The van der Waals surface area contributed by atoms with Gasteiger partial charge >= 0.3 is 0 Å². The van der Waals surface area contributed by atoms with Crippen molar-refractivity contribution < 1.29 is 0 Å². The van der Waals surface area contributed by atoms with Gasteiger partial charge in [-0.05, 0) is 24.3 Å². The van der Waals surface area contributed by atoms with Crippen LogP contribution in [0.3, 0.4) is 0 Å². The molecule has 3 aromatic rings. The van der Waals surface area contributed by atoms with Gasteiger partial charge in [0.15, 0.2) is 5.15 Å². The van der Waals surface area contributed by atoms with Crippen molar-refractivity contribution in [1.29, 1.82) is 0 Å². The molecule has 6 heteroatoms. The number of halogens is 1. The summed E-state index contributed by atoms with van der Waals surface area (Å²) in [5, 5.41) is 11.3. The lowest BCUT2D eigenvalue weighted by Crippen LogP contribution is -2.07. The van der Waals surface area contributed by atoms with E-state index in [-0.39, 0.29) is 0 Å². The van der Waals surface area contributed by atoms with Crippen LogP contribution in [-0.2, 0) is 6.42 Å². The maximum atomic E-state index is 5.67. The number of hydrogen-bond donors (Lipinski definition) is 2. The second kappa shape index (κ2) is 5.24. The highest BCUT2D eigenvalue weighted by Gasteiger charge is 2.02. The Labute approximate surface area is 115 Å². The molecule has 1 aromatic carbocycles. The first kappa shape index (κ1) is 11.9. The zero-order valence-corrected chi connectivity index (χ0v) is 10.9. The van der Waals surface area contributed by atoms with E-state index in [0.29, 0.717) is 11.0 Å². The number of nitrogens with one attached hydrogen (secondary N) is 2. The molecule has 0 saturated carbocycles. The molecule has 0 radical (unpaired) electrons. The minimum absolute atomic E-state index is 0.392. The number of H-pyrrole nitrogens is 1. The number of para-hydroxylation sites is 2. The first-order valence-electron chi connectivity index (χ1n) is 5.98. The fourth-order valence-electron chi connectivity index (χ4n) is 1.84. The maximum absolute atomic E-state index is 5.67. The number of fused-ring (bicyclic) bond motifs is 1. The van der Waals surface area contributed by atoms with Gasteiger partial charge in [0, 0.05) is 13.0 Å². The molecule has 5 nitrogen and oxygen atoms in total. The average Bonchev–Trinajstić information content (AvgIpc) is 2.83. The van der Waals surface area contributed by atoms with Crippen LogP contribution in [0.4, 0.5) is 5.82 Å². The minimum Gasteiger partial charge on any atom is -0.368 e. The van der Waals surface area contributed by atoms with E-state index in [0.717, 1.165) is 29.8 Å². The number of hydrogen-bond acceptors (Lipinski definition) is 4. The van der Waals surface area contributed by atoms with Crippen molar-refractivity contribution in [3.63, 3.8) is 0 Å². The number of aromatic nitrogens is 4. The number of imidazole rings is 1. The van der Waals surface area contributed by atoms with E-state index in [4.69, 9.17) is 11.6 Å². The summed E-state index contributed by atoms with van der Waals surface area (Å²) in [6.45, 7) is 0.732. The van der Waals surface area contributed by atoms with E-state index in [1.807, 2.05) is 24.3 Å². The van der Waals surface area contributed by atoms with Crippen LogP contribution in [0.2, 0.25) is 5.15 Å². The molecule has 0 aliphatic carbocycles. The molecular weight excluding hydrogens is 262 g/mol. The summed E-state index contributed by atoms with van der Waals surface area (Å²) < 4.78 is 0. The molecule has 0 spiro atoms. The van der Waals surface area contributed by atoms with Crippen molar-refractivity contribution in [3.8, 4) is 0 Å². The van der Waals surface area contributed by atoms with Crippen LogP contribution in [0.1, 0.15) is 5.82 Å². The van der Waals surface area contributed by atoms with Crippen LogP contribution in [0.5, 0.6) is 0 Å². The largest absolute Gasteiger partial charge is 0.368 e. The normalized spacial score (nSPS) is 10.8. The fraction of sp³-hybridized carbons (Fsp3) is 0.154. The number of nitrogens with zero attached hydrogens (tertiary/aromatic N) is 3. The highest BCUT2D eigenvalue weighted by atomic mass is 35.5. The highest BCUT2D eigenvalue weighted by Crippen LogP contribution is 2.11. The monoisotopic (exact) mass is 273 g/mol. The van der Waals surface area contributed by atoms with E-state index in [1.165, 1.54) is 0 Å². The predicted octanol–water partition coefficient (Wildman–Crippen LogP) is 2.66. The summed E-state index contributed by atoms with van der Waals surface area (Å²) >= 11 is 5.67. The Morgan fingerprint density at radius 1 is 1.11 bits per heavy atom. The quantitative estimate of drug-likeness (QED) is 0.767.